The van der Waals surface area contributed by atoms with E-state index in [9.17, 15) is 10.0 Å². The molecule has 1 N–H and O–H groups in total. The van der Waals surface area contributed by atoms with Crippen molar-refractivity contribution in [2.75, 3.05) is 0 Å². The fourth-order valence-electron chi connectivity index (χ4n) is 2.74. The zero-order valence-electron chi connectivity index (χ0n) is 8.53. The zero-order valence-corrected chi connectivity index (χ0v) is 8.53. The van der Waals surface area contributed by atoms with E-state index in [1.165, 1.54) is 11.5 Å². The number of amides is 1. The van der Waals surface area contributed by atoms with Gasteiger partial charge < -0.3 is 5.32 Å². The highest BCUT2D eigenvalue weighted by molar-refractivity contribution is 5.73. The van der Waals surface area contributed by atoms with E-state index in [4.69, 9.17) is 0 Å². The van der Waals surface area contributed by atoms with Gasteiger partial charge in [-0.25, -0.2) is 0 Å². The van der Waals surface area contributed by atoms with Gasteiger partial charge in [-0.15, -0.1) is 10.3 Å². The van der Waals surface area contributed by atoms with E-state index in [-0.39, 0.29) is 24.0 Å². The molecular weight excluding hydrogens is 180 g/mol. The second kappa shape index (κ2) is 3.87. The van der Waals surface area contributed by atoms with Crippen molar-refractivity contribution in [1.82, 2.24) is 10.4 Å². The molecule has 1 radical (unpaired) electrons. The Kier molecular flexibility index (Phi) is 2.74. The van der Waals surface area contributed by atoms with Crippen LogP contribution < -0.4 is 5.32 Å². The number of piperidine rings is 2. The summed E-state index contributed by atoms with van der Waals surface area (Å²) in [5.41, 5.74) is 0. The molecule has 2 aliphatic heterocycles. The maximum Gasteiger partial charge on any atom is 0.217 e. The van der Waals surface area contributed by atoms with Crippen molar-refractivity contribution in [3.63, 3.8) is 0 Å². The number of hydrogen-bond donors (Lipinski definition) is 1. The number of rotatable bonds is 1. The molecule has 0 aromatic heterocycles. The van der Waals surface area contributed by atoms with E-state index in [1.54, 1.807) is 6.92 Å². The van der Waals surface area contributed by atoms with Gasteiger partial charge in [0.2, 0.25) is 5.91 Å². The Morgan fingerprint density at radius 2 is 1.86 bits per heavy atom. The molecule has 1 amide bonds. The summed E-state index contributed by atoms with van der Waals surface area (Å²) in [7, 11) is 0. The van der Waals surface area contributed by atoms with Crippen molar-refractivity contribution >= 4 is 5.91 Å². The maximum absolute atomic E-state index is 11.6. The number of hydroxylamine groups is 2. The van der Waals surface area contributed by atoms with Gasteiger partial charge in [-0.3, -0.25) is 4.79 Å². The lowest BCUT2D eigenvalue weighted by molar-refractivity contribution is -0.246. The van der Waals surface area contributed by atoms with Gasteiger partial charge in [0.05, 0.1) is 0 Å². The number of hydrogen-bond acceptors (Lipinski definition) is 2. The summed E-state index contributed by atoms with van der Waals surface area (Å²) in [4.78, 5) is 10.9. The molecule has 0 saturated carbocycles. The average molecular weight is 197 g/mol. The van der Waals surface area contributed by atoms with Crippen LogP contribution in [-0.4, -0.2) is 29.1 Å². The predicted octanol–water partition coefficient (Wildman–Crippen LogP) is 0.854. The van der Waals surface area contributed by atoms with E-state index < -0.39 is 0 Å². The van der Waals surface area contributed by atoms with Crippen LogP contribution >= 0.6 is 0 Å². The molecule has 2 saturated heterocycles. The van der Waals surface area contributed by atoms with Crippen molar-refractivity contribution < 1.29 is 10.0 Å². The highest BCUT2D eigenvalue weighted by atomic mass is 16.5. The lowest BCUT2D eigenvalue weighted by Crippen LogP contribution is -2.54. The fourth-order valence-corrected chi connectivity index (χ4v) is 2.74. The summed E-state index contributed by atoms with van der Waals surface area (Å²) in [6.45, 7) is 1.54. The molecular formula is C10H17N2O2. The second-order valence-electron chi connectivity index (χ2n) is 4.47. The first-order valence-corrected chi connectivity index (χ1v) is 5.39. The van der Waals surface area contributed by atoms with Gasteiger partial charge >= 0.3 is 0 Å². The summed E-state index contributed by atoms with van der Waals surface area (Å²) < 4.78 is 0. The molecule has 2 rings (SSSR count). The third-order valence-electron chi connectivity index (χ3n) is 3.32. The van der Waals surface area contributed by atoms with Gasteiger partial charge in [0.1, 0.15) is 0 Å². The first kappa shape index (κ1) is 9.93. The van der Waals surface area contributed by atoms with Crippen molar-refractivity contribution in [2.24, 2.45) is 0 Å². The topological polar surface area (TPSA) is 52.2 Å². The van der Waals surface area contributed by atoms with E-state index in [1.807, 2.05) is 0 Å². The molecule has 2 aliphatic rings. The minimum Gasteiger partial charge on any atom is -0.353 e. The van der Waals surface area contributed by atoms with Crippen molar-refractivity contribution in [2.45, 2.75) is 57.2 Å². The van der Waals surface area contributed by atoms with Crippen LogP contribution in [0.2, 0.25) is 0 Å². The maximum atomic E-state index is 11.6. The Labute approximate surface area is 84.2 Å². The van der Waals surface area contributed by atoms with Crippen LogP contribution in [0.3, 0.4) is 0 Å². The normalized spacial score (nSPS) is 38.0. The van der Waals surface area contributed by atoms with E-state index in [0.717, 1.165) is 25.7 Å². The van der Waals surface area contributed by atoms with Crippen molar-refractivity contribution in [1.29, 1.82) is 0 Å². The van der Waals surface area contributed by atoms with Gasteiger partial charge in [0, 0.05) is 25.0 Å². The van der Waals surface area contributed by atoms with E-state index >= 15 is 0 Å². The molecule has 0 aliphatic carbocycles. The molecule has 4 nitrogen and oxygen atoms in total. The Morgan fingerprint density at radius 3 is 2.36 bits per heavy atom. The SMILES string of the molecule is CC(=O)NC1C[C@H]2CCC[C@@H](C1)N2[O]. The fraction of sp³-hybridized carbons (Fsp3) is 0.900. The standard InChI is InChI=1S/C10H17N2O2/c1-7(13)11-8-5-9-3-2-4-10(6-8)12(9)14/h8-10H,2-6H2,1H3,(H,11,13)/t8?,9-,10+. The van der Waals surface area contributed by atoms with E-state index in [0.29, 0.717) is 0 Å². The Hall–Kier alpha value is -0.610. The number of nitrogens with one attached hydrogen (secondary N) is 1. The molecule has 2 fully saturated rings. The van der Waals surface area contributed by atoms with Crippen LogP contribution in [0, 0.1) is 0 Å². The molecule has 1 unspecified atom stereocenters. The van der Waals surface area contributed by atoms with Gasteiger partial charge in [0.25, 0.3) is 0 Å². The minimum absolute atomic E-state index is 0.0208. The number of nitrogens with zero attached hydrogens (tertiary/aromatic N) is 1. The number of fused-ring (bicyclic) bond motifs is 2. The first-order chi connectivity index (χ1) is 6.66. The molecule has 0 aromatic rings. The molecule has 2 bridgehead atoms. The number of carbonyl (C=O) groups excluding carboxylic acids is 1. The average Bonchev–Trinajstić information content (AvgIpc) is 2.05. The number of carbonyl (C=O) groups is 1. The highest BCUT2D eigenvalue weighted by Crippen LogP contribution is 2.32. The highest BCUT2D eigenvalue weighted by Gasteiger charge is 2.38. The van der Waals surface area contributed by atoms with Crippen LogP contribution in [0.1, 0.15) is 39.0 Å². The molecule has 14 heavy (non-hydrogen) atoms. The molecule has 0 spiro atoms. The second-order valence-corrected chi connectivity index (χ2v) is 4.47. The largest absolute Gasteiger partial charge is 0.353 e. The van der Waals surface area contributed by atoms with Crippen LogP contribution in [0.5, 0.6) is 0 Å². The summed E-state index contributed by atoms with van der Waals surface area (Å²) in [5.74, 6) is 0.0208. The molecule has 3 atom stereocenters. The van der Waals surface area contributed by atoms with Crippen LogP contribution in [0.4, 0.5) is 0 Å². The zero-order chi connectivity index (χ0) is 10.1. The lowest BCUT2D eigenvalue weighted by Gasteiger charge is -2.43. The lowest BCUT2D eigenvalue weighted by atomic mass is 9.83. The monoisotopic (exact) mass is 197 g/mol. The predicted molar refractivity (Wildman–Crippen MR) is 50.8 cm³/mol. The third-order valence-corrected chi connectivity index (χ3v) is 3.32. The third kappa shape index (κ3) is 1.91. The Bertz CT molecular complexity index is 218. The summed E-state index contributed by atoms with van der Waals surface area (Å²) >= 11 is 0. The summed E-state index contributed by atoms with van der Waals surface area (Å²) in [6.07, 6.45) is 4.83. The van der Waals surface area contributed by atoms with Crippen molar-refractivity contribution in [3.05, 3.63) is 0 Å². The van der Waals surface area contributed by atoms with Crippen LogP contribution in [-0.2, 0) is 10.0 Å². The summed E-state index contributed by atoms with van der Waals surface area (Å²) in [5, 5.41) is 15.8. The van der Waals surface area contributed by atoms with Gasteiger partial charge in [-0.05, 0) is 25.7 Å². The molecule has 79 valence electrons. The van der Waals surface area contributed by atoms with Gasteiger partial charge in [-0.2, -0.15) is 0 Å². The van der Waals surface area contributed by atoms with Crippen molar-refractivity contribution in [3.8, 4) is 0 Å². The van der Waals surface area contributed by atoms with Crippen LogP contribution in [0.15, 0.2) is 0 Å². The Balaban J connectivity index is 1.97. The van der Waals surface area contributed by atoms with E-state index in [2.05, 4.69) is 5.32 Å². The molecule has 4 heteroatoms. The minimum atomic E-state index is 0.0208. The Morgan fingerprint density at radius 1 is 1.29 bits per heavy atom. The quantitative estimate of drug-likeness (QED) is 0.677. The van der Waals surface area contributed by atoms with Gasteiger partial charge in [0.15, 0.2) is 0 Å². The van der Waals surface area contributed by atoms with Crippen LogP contribution in [0.25, 0.3) is 0 Å². The smallest absolute Gasteiger partial charge is 0.217 e. The molecule has 2 heterocycles. The summed E-state index contributed by atoms with van der Waals surface area (Å²) in [6, 6.07) is 0.534. The molecule has 0 aromatic carbocycles. The first-order valence-electron chi connectivity index (χ1n) is 5.39. The van der Waals surface area contributed by atoms with Gasteiger partial charge in [-0.1, -0.05) is 6.42 Å².